The summed E-state index contributed by atoms with van der Waals surface area (Å²) in [5.41, 5.74) is 1.04. The zero-order valence-corrected chi connectivity index (χ0v) is 11.4. The fourth-order valence-corrected chi connectivity index (χ4v) is 1.61. The molecule has 0 amide bonds. The van der Waals surface area contributed by atoms with Crippen LogP contribution in [0.3, 0.4) is 0 Å². The highest BCUT2D eigenvalue weighted by atomic mass is 16.5. The van der Waals surface area contributed by atoms with Gasteiger partial charge in [-0.1, -0.05) is 13.0 Å². The lowest BCUT2D eigenvalue weighted by atomic mass is 10.2. The van der Waals surface area contributed by atoms with Crippen molar-refractivity contribution in [3.63, 3.8) is 0 Å². The Morgan fingerprint density at radius 2 is 2.21 bits per heavy atom. The smallest absolute Gasteiger partial charge is 0.303 e. The molecule has 0 bridgehead atoms. The number of nitrogens with one attached hydrogen (secondary N) is 1. The number of rotatable bonds is 9. The molecule has 1 rings (SSSR count). The summed E-state index contributed by atoms with van der Waals surface area (Å²) in [5.74, 6) is 0.668. The first kappa shape index (κ1) is 15.3. The van der Waals surface area contributed by atoms with Gasteiger partial charge in [0.1, 0.15) is 11.5 Å². The summed E-state index contributed by atoms with van der Waals surface area (Å²) in [5, 5.41) is 11.8. The van der Waals surface area contributed by atoms with E-state index in [0.717, 1.165) is 30.2 Å². The number of carboxylic acids is 1. The molecule has 0 radical (unpaired) electrons. The molecule has 0 heterocycles. The molecule has 0 aliphatic heterocycles. The molecule has 0 aliphatic carbocycles. The highest BCUT2D eigenvalue weighted by molar-refractivity contribution is 5.66. The van der Waals surface area contributed by atoms with Crippen LogP contribution < -0.4 is 14.8 Å². The second kappa shape index (κ2) is 8.37. The lowest BCUT2D eigenvalue weighted by molar-refractivity contribution is -0.137. The minimum atomic E-state index is -0.804. The summed E-state index contributed by atoms with van der Waals surface area (Å²) < 4.78 is 10.8. The normalized spacial score (nSPS) is 10.2. The monoisotopic (exact) mass is 267 g/mol. The van der Waals surface area contributed by atoms with Crippen LogP contribution in [0, 0.1) is 0 Å². The third kappa shape index (κ3) is 5.61. The third-order valence-electron chi connectivity index (χ3n) is 2.63. The van der Waals surface area contributed by atoms with E-state index in [-0.39, 0.29) is 6.42 Å². The van der Waals surface area contributed by atoms with Crippen LogP contribution in [0.25, 0.3) is 0 Å². The molecule has 5 nitrogen and oxygen atoms in total. The Balaban J connectivity index is 2.62. The van der Waals surface area contributed by atoms with Crippen molar-refractivity contribution in [2.24, 2.45) is 0 Å². The molecular weight excluding hydrogens is 246 g/mol. The molecule has 0 spiro atoms. The Labute approximate surface area is 113 Å². The van der Waals surface area contributed by atoms with Crippen molar-refractivity contribution in [3.8, 4) is 11.5 Å². The second-order valence-electron chi connectivity index (χ2n) is 4.10. The molecule has 0 atom stereocenters. The number of hydrogen-bond acceptors (Lipinski definition) is 4. The van der Waals surface area contributed by atoms with E-state index in [4.69, 9.17) is 14.6 Å². The van der Waals surface area contributed by atoms with Crippen LogP contribution in [0.4, 0.5) is 0 Å². The van der Waals surface area contributed by atoms with Gasteiger partial charge < -0.3 is 19.9 Å². The minimum absolute atomic E-state index is 0.118. The molecule has 106 valence electrons. The highest BCUT2D eigenvalue weighted by Crippen LogP contribution is 2.25. The zero-order chi connectivity index (χ0) is 14.1. The molecule has 1 aromatic rings. The molecular formula is C14H21NO4. The molecule has 0 aliphatic rings. The lowest BCUT2D eigenvalue weighted by Crippen LogP contribution is -2.13. The maximum absolute atomic E-state index is 10.4. The summed E-state index contributed by atoms with van der Waals surface area (Å²) >= 11 is 0. The maximum atomic E-state index is 10.4. The summed E-state index contributed by atoms with van der Waals surface area (Å²) in [7, 11) is 1.60. The van der Waals surface area contributed by atoms with E-state index in [2.05, 4.69) is 5.32 Å². The number of carbonyl (C=O) groups is 1. The van der Waals surface area contributed by atoms with Crippen LogP contribution in [0.2, 0.25) is 0 Å². The molecule has 19 heavy (non-hydrogen) atoms. The quantitative estimate of drug-likeness (QED) is 0.670. The van der Waals surface area contributed by atoms with Crippen LogP contribution in [0.1, 0.15) is 25.3 Å². The van der Waals surface area contributed by atoms with Crippen LogP contribution in [-0.4, -0.2) is 31.3 Å². The van der Waals surface area contributed by atoms with Crippen molar-refractivity contribution in [1.82, 2.24) is 5.32 Å². The van der Waals surface area contributed by atoms with Gasteiger partial charge >= 0.3 is 5.97 Å². The van der Waals surface area contributed by atoms with Crippen LogP contribution in [-0.2, 0) is 11.3 Å². The van der Waals surface area contributed by atoms with Gasteiger partial charge in [0.2, 0.25) is 0 Å². The van der Waals surface area contributed by atoms with E-state index < -0.39 is 5.97 Å². The zero-order valence-electron chi connectivity index (χ0n) is 11.4. The first-order valence-corrected chi connectivity index (χ1v) is 6.39. The van der Waals surface area contributed by atoms with E-state index in [9.17, 15) is 4.79 Å². The van der Waals surface area contributed by atoms with Gasteiger partial charge in [0, 0.05) is 24.6 Å². The van der Waals surface area contributed by atoms with Crippen molar-refractivity contribution in [1.29, 1.82) is 0 Å². The van der Waals surface area contributed by atoms with Crippen molar-refractivity contribution in [2.75, 3.05) is 20.3 Å². The summed E-state index contributed by atoms with van der Waals surface area (Å²) in [4.78, 5) is 10.4. The molecule has 0 unspecified atom stereocenters. The third-order valence-corrected chi connectivity index (χ3v) is 2.63. The Bertz CT molecular complexity index is 406. The van der Waals surface area contributed by atoms with Gasteiger partial charge in [-0.15, -0.1) is 0 Å². The molecule has 0 saturated carbocycles. The standard InChI is InChI=1S/C14H21NO4/c1-3-15-10-11-6-7-12(18-2)9-13(11)19-8-4-5-14(16)17/h6-7,9,15H,3-5,8,10H2,1-2H3,(H,16,17). The van der Waals surface area contributed by atoms with Gasteiger partial charge in [0.15, 0.2) is 0 Å². The predicted octanol–water partition coefficient (Wildman–Crippen LogP) is 2.05. The fraction of sp³-hybridized carbons (Fsp3) is 0.500. The second-order valence-corrected chi connectivity index (χ2v) is 4.10. The number of benzene rings is 1. The predicted molar refractivity (Wildman–Crippen MR) is 72.7 cm³/mol. The molecule has 2 N–H and O–H groups in total. The van der Waals surface area contributed by atoms with Gasteiger partial charge in [0.25, 0.3) is 0 Å². The van der Waals surface area contributed by atoms with Gasteiger partial charge in [-0.05, 0) is 19.0 Å². The Morgan fingerprint density at radius 1 is 1.42 bits per heavy atom. The van der Waals surface area contributed by atoms with Crippen LogP contribution >= 0.6 is 0 Å². The molecule has 0 aromatic heterocycles. The lowest BCUT2D eigenvalue weighted by Gasteiger charge is -2.13. The number of methoxy groups -OCH3 is 1. The average Bonchev–Trinajstić information content (AvgIpc) is 2.41. The van der Waals surface area contributed by atoms with Gasteiger partial charge in [-0.2, -0.15) is 0 Å². The Hall–Kier alpha value is -1.75. The van der Waals surface area contributed by atoms with E-state index in [1.54, 1.807) is 7.11 Å². The van der Waals surface area contributed by atoms with E-state index in [1.165, 1.54) is 0 Å². The van der Waals surface area contributed by atoms with Gasteiger partial charge in [-0.3, -0.25) is 4.79 Å². The maximum Gasteiger partial charge on any atom is 0.303 e. The highest BCUT2D eigenvalue weighted by Gasteiger charge is 2.06. The Morgan fingerprint density at radius 3 is 2.84 bits per heavy atom. The van der Waals surface area contributed by atoms with Crippen LogP contribution in [0.15, 0.2) is 18.2 Å². The molecule has 0 fully saturated rings. The van der Waals surface area contributed by atoms with Crippen molar-refractivity contribution < 1.29 is 19.4 Å². The molecule has 1 aromatic carbocycles. The SMILES string of the molecule is CCNCc1ccc(OC)cc1OCCCC(=O)O. The number of ether oxygens (including phenoxy) is 2. The molecule has 5 heteroatoms. The summed E-state index contributed by atoms with van der Waals surface area (Å²) in [6.45, 7) is 4.02. The van der Waals surface area contributed by atoms with E-state index >= 15 is 0 Å². The van der Waals surface area contributed by atoms with Crippen LogP contribution in [0.5, 0.6) is 11.5 Å². The van der Waals surface area contributed by atoms with Crippen molar-refractivity contribution in [3.05, 3.63) is 23.8 Å². The fourth-order valence-electron chi connectivity index (χ4n) is 1.61. The number of carboxylic acid groups (broad SMARTS) is 1. The minimum Gasteiger partial charge on any atom is -0.497 e. The average molecular weight is 267 g/mol. The number of hydrogen-bond donors (Lipinski definition) is 2. The van der Waals surface area contributed by atoms with Gasteiger partial charge in [-0.25, -0.2) is 0 Å². The van der Waals surface area contributed by atoms with Gasteiger partial charge in [0.05, 0.1) is 13.7 Å². The summed E-state index contributed by atoms with van der Waals surface area (Å²) in [6.07, 6.45) is 0.611. The van der Waals surface area contributed by atoms with E-state index in [1.807, 2.05) is 25.1 Å². The number of aliphatic carboxylic acids is 1. The Kier molecular flexibility index (Phi) is 6.74. The topological polar surface area (TPSA) is 67.8 Å². The molecule has 0 saturated heterocycles. The van der Waals surface area contributed by atoms with Crippen molar-refractivity contribution >= 4 is 5.97 Å². The summed E-state index contributed by atoms with van der Waals surface area (Å²) in [6, 6.07) is 5.66. The van der Waals surface area contributed by atoms with Crippen molar-refractivity contribution in [2.45, 2.75) is 26.3 Å². The largest absolute Gasteiger partial charge is 0.497 e. The first-order valence-electron chi connectivity index (χ1n) is 6.39. The van der Waals surface area contributed by atoms with E-state index in [0.29, 0.717) is 13.0 Å². The first-order chi connectivity index (χ1) is 9.17.